The Hall–Kier alpha value is -4.17. The van der Waals surface area contributed by atoms with E-state index < -0.39 is 5.82 Å². The first-order valence-electron chi connectivity index (χ1n) is 9.45. The number of rotatable bonds is 5. The summed E-state index contributed by atoms with van der Waals surface area (Å²) in [5, 5.41) is 13.4. The molecule has 4 rings (SSSR count). The molecule has 146 valence electrons. The van der Waals surface area contributed by atoms with E-state index in [0.29, 0.717) is 0 Å². The SMILES string of the molecule is N#C/C(=C/c1cn(CC(=O)Nc2ccccc2)c2ccccc12)c1ccccc1F. The highest BCUT2D eigenvalue weighted by Gasteiger charge is 2.13. The van der Waals surface area contributed by atoms with Gasteiger partial charge in [0.25, 0.3) is 0 Å². The van der Waals surface area contributed by atoms with Crippen LogP contribution in [0, 0.1) is 17.1 Å². The van der Waals surface area contributed by atoms with Gasteiger partial charge in [0.05, 0.1) is 11.6 Å². The highest BCUT2D eigenvalue weighted by molar-refractivity contribution is 5.99. The van der Waals surface area contributed by atoms with Gasteiger partial charge < -0.3 is 9.88 Å². The summed E-state index contributed by atoms with van der Waals surface area (Å²) in [4.78, 5) is 12.5. The Balaban J connectivity index is 1.70. The van der Waals surface area contributed by atoms with E-state index in [4.69, 9.17) is 0 Å². The van der Waals surface area contributed by atoms with Gasteiger partial charge in [-0.3, -0.25) is 4.79 Å². The predicted octanol–water partition coefficient (Wildman–Crippen LogP) is 5.48. The molecule has 1 N–H and O–H groups in total. The Morgan fingerprint density at radius 1 is 1.00 bits per heavy atom. The molecule has 0 fully saturated rings. The molecule has 0 atom stereocenters. The van der Waals surface area contributed by atoms with Crippen molar-refractivity contribution in [2.45, 2.75) is 6.54 Å². The number of para-hydroxylation sites is 2. The van der Waals surface area contributed by atoms with Crippen molar-refractivity contribution in [3.8, 4) is 6.07 Å². The fourth-order valence-electron chi connectivity index (χ4n) is 3.40. The molecule has 0 radical (unpaired) electrons. The summed E-state index contributed by atoms with van der Waals surface area (Å²) < 4.78 is 16.0. The largest absolute Gasteiger partial charge is 0.337 e. The minimum Gasteiger partial charge on any atom is -0.337 e. The van der Waals surface area contributed by atoms with Gasteiger partial charge in [-0.1, -0.05) is 54.6 Å². The summed E-state index contributed by atoms with van der Waals surface area (Å²) in [5.74, 6) is -0.608. The fourth-order valence-corrected chi connectivity index (χ4v) is 3.40. The van der Waals surface area contributed by atoms with E-state index in [0.717, 1.165) is 22.2 Å². The van der Waals surface area contributed by atoms with Crippen LogP contribution in [-0.2, 0) is 11.3 Å². The van der Waals surface area contributed by atoms with Crippen LogP contribution in [0.1, 0.15) is 11.1 Å². The number of carbonyl (C=O) groups excluding carboxylic acids is 1. The van der Waals surface area contributed by atoms with Crippen LogP contribution in [0.15, 0.2) is 85.1 Å². The summed E-state index contributed by atoms with van der Waals surface area (Å²) in [5.41, 5.74) is 2.81. The second-order valence-corrected chi connectivity index (χ2v) is 6.79. The van der Waals surface area contributed by atoms with Gasteiger partial charge in [0.1, 0.15) is 12.4 Å². The molecule has 0 saturated heterocycles. The zero-order chi connectivity index (χ0) is 20.9. The van der Waals surface area contributed by atoms with Gasteiger partial charge in [0.2, 0.25) is 5.91 Å². The molecule has 0 spiro atoms. The van der Waals surface area contributed by atoms with Crippen LogP contribution in [0.2, 0.25) is 0 Å². The number of amides is 1. The van der Waals surface area contributed by atoms with Crippen molar-refractivity contribution in [2.75, 3.05) is 5.32 Å². The first-order chi connectivity index (χ1) is 14.7. The lowest BCUT2D eigenvalue weighted by Gasteiger charge is -2.07. The second-order valence-electron chi connectivity index (χ2n) is 6.79. The van der Waals surface area contributed by atoms with Gasteiger partial charge in [0.15, 0.2) is 0 Å². The molecule has 30 heavy (non-hydrogen) atoms. The van der Waals surface area contributed by atoms with E-state index >= 15 is 0 Å². The molecule has 0 aliphatic rings. The van der Waals surface area contributed by atoms with Gasteiger partial charge in [-0.2, -0.15) is 5.26 Å². The standard InChI is InChI=1S/C25H18FN3O/c26-23-12-6-4-10-21(23)18(15-27)14-19-16-29(24-13-7-5-11-22(19)24)17-25(30)28-20-8-2-1-3-9-20/h1-14,16H,17H2,(H,28,30)/b18-14-. The van der Waals surface area contributed by atoms with E-state index in [2.05, 4.69) is 11.4 Å². The molecular weight excluding hydrogens is 377 g/mol. The Morgan fingerprint density at radius 2 is 1.70 bits per heavy atom. The molecule has 0 aliphatic carbocycles. The average Bonchev–Trinajstić information content (AvgIpc) is 3.10. The molecule has 1 aromatic heterocycles. The van der Waals surface area contributed by atoms with Crippen molar-refractivity contribution in [3.63, 3.8) is 0 Å². The molecule has 0 aliphatic heterocycles. The summed E-state index contributed by atoms with van der Waals surface area (Å²) in [6.45, 7) is 0.116. The number of halogens is 1. The Labute approximate surface area is 173 Å². The number of nitrogens with zero attached hydrogens (tertiary/aromatic N) is 2. The topological polar surface area (TPSA) is 57.8 Å². The van der Waals surface area contributed by atoms with Crippen LogP contribution in [0.5, 0.6) is 0 Å². The molecule has 0 saturated carbocycles. The zero-order valence-electron chi connectivity index (χ0n) is 16.0. The fraction of sp³-hybridized carbons (Fsp3) is 0.0400. The van der Waals surface area contributed by atoms with Crippen molar-refractivity contribution in [3.05, 3.63) is 102 Å². The number of nitrogens with one attached hydrogen (secondary N) is 1. The van der Waals surface area contributed by atoms with Crippen molar-refractivity contribution >= 4 is 34.1 Å². The first kappa shape index (κ1) is 19.2. The summed E-state index contributed by atoms with van der Waals surface area (Å²) in [6, 6.07) is 25.2. The van der Waals surface area contributed by atoms with Gasteiger partial charge in [-0.25, -0.2) is 4.39 Å². The number of fused-ring (bicyclic) bond motifs is 1. The molecule has 0 unspecified atom stereocenters. The van der Waals surface area contributed by atoms with E-state index in [1.807, 2.05) is 65.4 Å². The van der Waals surface area contributed by atoms with Gasteiger partial charge in [0, 0.05) is 33.9 Å². The first-order valence-corrected chi connectivity index (χ1v) is 9.45. The number of nitriles is 1. The summed E-state index contributed by atoms with van der Waals surface area (Å²) in [7, 11) is 0. The predicted molar refractivity (Wildman–Crippen MR) is 117 cm³/mol. The minimum absolute atomic E-state index is 0.116. The van der Waals surface area contributed by atoms with Crippen molar-refractivity contribution in [1.29, 1.82) is 5.26 Å². The lowest BCUT2D eigenvalue weighted by molar-refractivity contribution is -0.116. The van der Waals surface area contributed by atoms with Crippen LogP contribution in [0.4, 0.5) is 10.1 Å². The quantitative estimate of drug-likeness (QED) is 0.455. The lowest BCUT2D eigenvalue weighted by Crippen LogP contribution is -2.18. The van der Waals surface area contributed by atoms with E-state index in [9.17, 15) is 14.4 Å². The van der Waals surface area contributed by atoms with Crippen LogP contribution in [0.25, 0.3) is 22.6 Å². The van der Waals surface area contributed by atoms with E-state index in [1.54, 1.807) is 24.3 Å². The molecule has 1 amide bonds. The molecule has 4 nitrogen and oxygen atoms in total. The molecule has 5 heteroatoms. The maximum absolute atomic E-state index is 14.2. The van der Waals surface area contributed by atoms with Crippen molar-refractivity contribution < 1.29 is 9.18 Å². The lowest BCUT2D eigenvalue weighted by atomic mass is 10.0. The Kier molecular flexibility index (Phi) is 5.40. The van der Waals surface area contributed by atoms with Gasteiger partial charge >= 0.3 is 0 Å². The molecule has 1 heterocycles. The third-order valence-corrected chi connectivity index (χ3v) is 4.78. The summed E-state index contributed by atoms with van der Waals surface area (Å²) >= 11 is 0. The number of anilines is 1. The molecule has 3 aromatic carbocycles. The van der Waals surface area contributed by atoms with E-state index in [1.165, 1.54) is 6.07 Å². The average molecular weight is 395 g/mol. The second kappa shape index (κ2) is 8.46. The van der Waals surface area contributed by atoms with Crippen molar-refractivity contribution in [2.24, 2.45) is 0 Å². The van der Waals surface area contributed by atoms with Crippen LogP contribution in [0.3, 0.4) is 0 Å². The van der Waals surface area contributed by atoms with Crippen LogP contribution in [-0.4, -0.2) is 10.5 Å². The third kappa shape index (κ3) is 3.98. The maximum Gasteiger partial charge on any atom is 0.244 e. The van der Waals surface area contributed by atoms with Crippen molar-refractivity contribution in [1.82, 2.24) is 4.57 Å². The van der Waals surface area contributed by atoms with E-state index in [-0.39, 0.29) is 23.6 Å². The highest BCUT2D eigenvalue weighted by atomic mass is 19.1. The molecule has 0 bridgehead atoms. The summed E-state index contributed by atoms with van der Waals surface area (Å²) in [6.07, 6.45) is 3.47. The molecular formula is C25H18FN3O. The zero-order valence-corrected chi connectivity index (χ0v) is 16.0. The normalized spacial score (nSPS) is 11.3. The Bertz CT molecular complexity index is 1280. The van der Waals surface area contributed by atoms with Gasteiger partial charge in [-0.05, 0) is 30.3 Å². The highest BCUT2D eigenvalue weighted by Crippen LogP contribution is 2.27. The number of benzene rings is 3. The third-order valence-electron chi connectivity index (χ3n) is 4.78. The number of hydrogen-bond acceptors (Lipinski definition) is 2. The Morgan fingerprint density at radius 3 is 2.47 bits per heavy atom. The molecule has 4 aromatic rings. The monoisotopic (exact) mass is 395 g/mol. The maximum atomic E-state index is 14.2. The smallest absolute Gasteiger partial charge is 0.244 e. The van der Waals surface area contributed by atoms with Gasteiger partial charge in [-0.15, -0.1) is 0 Å². The van der Waals surface area contributed by atoms with Crippen LogP contribution >= 0.6 is 0 Å². The number of carbonyl (C=O) groups is 1. The minimum atomic E-state index is -0.448. The van der Waals surface area contributed by atoms with Crippen LogP contribution < -0.4 is 5.32 Å². The number of aromatic nitrogens is 1. The number of allylic oxidation sites excluding steroid dienone is 1. The number of hydrogen-bond donors (Lipinski definition) is 1.